The standard InChI is InChI=1S/C15H27NOS/c1-11(2)14(12-7-6-10-18-12)16-13(8-9-17)15(3,4)5/h6-7,10-11,13-14,16-17H,8-9H2,1-5H3. The van der Waals surface area contributed by atoms with Crippen molar-refractivity contribution in [3.63, 3.8) is 0 Å². The zero-order chi connectivity index (χ0) is 13.8. The maximum Gasteiger partial charge on any atom is 0.0446 e. The molecule has 0 aliphatic rings. The van der Waals surface area contributed by atoms with Crippen molar-refractivity contribution in [2.45, 2.75) is 53.1 Å². The van der Waals surface area contributed by atoms with Gasteiger partial charge in [-0.15, -0.1) is 11.3 Å². The van der Waals surface area contributed by atoms with E-state index < -0.39 is 0 Å². The molecule has 2 nitrogen and oxygen atoms in total. The van der Waals surface area contributed by atoms with E-state index in [-0.39, 0.29) is 12.0 Å². The Bertz CT molecular complexity index is 327. The van der Waals surface area contributed by atoms with Crippen LogP contribution in [0.25, 0.3) is 0 Å². The average Bonchev–Trinajstić information content (AvgIpc) is 2.74. The van der Waals surface area contributed by atoms with E-state index >= 15 is 0 Å². The first-order valence-electron chi connectivity index (χ1n) is 6.76. The Labute approximate surface area is 115 Å². The van der Waals surface area contributed by atoms with Gasteiger partial charge in [0.05, 0.1) is 0 Å². The van der Waals surface area contributed by atoms with Gasteiger partial charge in [0.15, 0.2) is 0 Å². The van der Waals surface area contributed by atoms with Crippen molar-refractivity contribution in [1.82, 2.24) is 5.32 Å². The largest absolute Gasteiger partial charge is 0.396 e. The third-order valence-corrected chi connectivity index (χ3v) is 4.32. The number of hydrogen-bond donors (Lipinski definition) is 2. The molecule has 1 rings (SSSR count). The SMILES string of the molecule is CC(C)C(NC(CCO)C(C)(C)C)c1cccs1. The molecule has 0 bridgehead atoms. The van der Waals surface area contributed by atoms with E-state index in [1.165, 1.54) is 4.88 Å². The number of aliphatic hydroxyl groups excluding tert-OH is 1. The summed E-state index contributed by atoms with van der Waals surface area (Å²) in [6, 6.07) is 5.01. The van der Waals surface area contributed by atoms with Gasteiger partial charge in [-0.1, -0.05) is 40.7 Å². The van der Waals surface area contributed by atoms with E-state index in [0.29, 0.717) is 18.0 Å². The van der Waals surface area contributed by atoms with Crippen LogP contribution in [0.1, 0.15) is 52.0 Å². The highest BCUT2D eigenvalue weighted by Gasteiger charge is 2.28. The molecule has 0 radical (unpaired) electrons. The Morgan fingerprint density at radius 1 is 1.33 bits per heavy atom. The van der Waals surface area contributed by atoms with Gasteiger partial charge in [-0.25, -0.2) is 0 Å². The Kier molecular flexibility index (Phi) is 5.83. The maximum atomic E-state index is 9.24. The lowest BCUT2D eigenvalue weighted by molar-refractivity contribution is 0.176. The zero-order valence-electron chi connectivity index (χ0n) is 12.2. The summed E-state index contributed by atoms with van der Waals surface area (Å²) in [5, 5.41) is 15.1. The lowest BCUT2D eigenvalue weighted by Crippen LogP contribution is -2.44. The molecular formula is C15H27NOS. The van der Waals surface area contributed by atoms with Crippen molar-refractivity contribution in [1.29, 1.82) is 0 Å². The molecule has 1 heterocycles. The predicted molar refractivity (Wildman–Crippen MR) is 80.0 cm³/mol. The fraction of sp³-hybridized carbons (Fsp3) is 0.733. The van der Waals surface area contributed by atoms with Crippen LogP contribution in [0.4, 0.5) is 0 Å². The van der Waals surface area contributed by atoms with Crippen molar-refractivity contribution in [2.24, 2.45) is 11.3 Å². The highest BCUT2D eigenvalue weighted by atomic mass is 32.1. The molecule has 0 aliphatic carbocycles. The molecule has 0 aromatic carbocycles. The highest BCUT2D eigenvalue weighted by Crippen LogP contribution is 2.30. The fourth-order valence-corrected chi connectivity index (χ4v) is 3.14. The Morgan fingerprint density at radius 3 is 2.39 bits per heavy atom. The number of rotatable bonds is 6. The van der Waals surface area contributed by atoms with Gasteiger partial charge in [0.2, 0.25) is 0 Å². The molecule has 104 valence electrons. The summed E-state index contributed by atoms with van der Waals surface area (Å²) in [4.78, 5) is 1.39. The van der Waals surface area contributed by atoms with E-state index in [2.05, 4.69) is 57.4 Å². The molecule has 2 unspecified atom stereocenters. The molecule has 0 aliphatic heterocycles. The lowest BCUT2D eigenvalue weighted by atomic mass is 9.83. The normalized spacial score (nSPS) is 15.9. The van der Waals surface area contributed by atoms with Crippen molar-refractivity contribution in [3.8, 4) is 0 Å². The highest BCUT2D eigenvalue weighted by molar-refractivity contribution is 7.10. The molecule has 1 aromatic rings. The molecule has 18 heavy (non-hydrogen) atoms. The van der Waals surface area contributed by atoms with Gasteiger partial charge in [0.1, 0.15) is 0 Å². The number of nitrogens with one attached hydrogen (secondary N) is 1. The Hall–Kier alpha value is -0.380. The number of thiophene rings is 1. The summed E-state index contributed by atoms with van der Waals surface area (Å²) in [6.45, 7) is 11.4. The van der Waals surface area contributed by atoms with E-state index in [0.717, 1.165) is 6.42 Å². The van der Waals surface area contributed by atoms with Crippen LogP contribution in [0.15, 0.2) is 17.5 Å². The first kappa shape index (κ1) is 15.7. The van der Waals surface area contributed by atoms with E-state index in [9.17, 15) is 5.11 Å². The lowest BCUT2D eigenvalue weighted by Gasteiger charge is -2.36. The van der Waals surface area contributed by atoms with E-state index in [1.807, 2.05) is 0 Å². The first-order chi connectivity index (χ1) is 8.36. The van der Waals surface area contributed by atoms with Crippen LogP contribution in [-0.4, -0.2) is 17.8 Å². The van der Waals surface area contributed by atoms with Gasteiger partial charge >= 0.3 is 0 Å². The molecule has 2 atom stereocenters. The van der Waals surface area contributed by atoms with Gasteiger partial charge in [-0.05, 0) is 29.2 Å². The maximum absolute atomic E-state index is 9.24. The summed E-state index contributed by atoms with van der Waals surface area (Å²) in [5.41, 5.74) is 0.160. The number of aliphatic hydroxyl groups is 1. The minimum Gasteiger partial charge on any atom is -0.396 e. The summed E-state index contributed by atoms with van der Waals surface area (Å²) < 4.78 is 0. The predicted octanol–water partition coefficient (Wildman–Crippen LogP) is 3.83. The van der Waals surface area contributed by atoms with Crippen LogP contribution < -0.4 is 5.32 Å². The second-order valence-corrected chi connectivity index (χ2v) is 7.31. The van der Waals surface area contributed by atoms with Crippen LogP contribution in [0, 0.1) is 11.3 Å². The third-order valence-electron chi connectivity index (χ3n) is 3.36. The van der Waals surface area contributed by atoms with Crippen LogP contribution in [0.5, 0.6) is 0 Å². The molecular weight excluding hydrogens is 242 g/mol. The van der Waals surface area contributed by atoms with Crippen LogP contribution in [-0.2, 0) is 0 Å². The molecule has 2 N–H and O–H groups in total. The van der Waals surface area contributed by atoms with Crippen LogP contribution >= 0.6 is 11.3 Å². The quantitative estimate of drug-likeness (QED) is 0.822. The molecule has 0 spiro atoms. The molecule has 0 amide bonds. The summed E-state index contributed by atoms with van der Waals surface area (Å²) in [5.74, 6) is 0.548. The van der Waals surface area contributed by atoms with Crippen LogP contribution in [0.2, 0.25) is 0 Å². The van der Waals surface area contributed by atoms with Gasteiger partial charge in [0.25, 0.3) is 0 Å². The van der Waals surface area contributed by atoms with Gasteiger partial charge in [-0.2, -0.15) is 0 Å². The first-order valence-corrected chi connectivity index (χ1v) is 7.64. The zero-order valence-corrected chi connectivity index (χ0v) is 13.1. The molecule has 3 heteroatoms. The van der Waals surface area contributed by atoms with E-state index in [1.54, 1.807) is 11.3 Å². The smallest absolute Gasteiger partial charge is 0.0446 e. The van der Waals surface area contributed by atoms with Crippen molar-refractivity contribution in [3.05, 3.63) is 22.4 Å². The minimum atomic E-state index is 0.160. The second kappa shape index (κ2) is 6.69. The third kappa shape index (κ3) is 4.38. The molecule has 0 saturated carbocycles. The van der Waals surface area contributed by atoms with Gasteiger partial charge in [-0.3, -0.25) is 0 Å². The second-order valence-electron chi connectivity index (χ2n) is 6.33. The monoisotopic (exact) mass is 269 g/mol. The molecule has 0 saturated heterocycles. The fourth-order valence-electron chi connectivity index (χ4n) is 2.18. The average molecular weight is 269 g/mol. The summed E-state index contributed by atoms with van der Waals surface area (Å²) in [7, 11) is 0. The number of hydrogen-bond acceptors (Lipinski definition) is 3. The van der Waals surface area contributed by atoms with Gasteiger partial charge < -0.3 is 10.4 Å². The summed E-state index contributed by atoms with van der Waals surface area (Å²) in [6.07, 6.45) is 0.804. The Balaban J connectivity index is 2.81. The van der Waals surface area contributed by atoms with Crippen molar-refractivity contribution >= 4 is 11.3 Å². The van der Waals surface area contributed by atoms with Crippen molar-refractivity contribution in [2.75, 3.05) is 6.61 Å². The molecule has 0 fully saturated rings. The minimum absolute atomic E-state index is 0.160. The topological polar surface area (TPSA) is 32.3 Å². The summed E-state index contributed by atoms with van der Waals surface area (Å²) >= 11 is 1.81. The van der Waals surface area contributed by atoms with Crippen molar-refractivity contribution < 1.29 is 5.11 Å². The molecule has 1 aromatic heterocycles. The Morgan fingerprint density at radius 2 is 2.00 bits per heavy atom. The van der Waals surface area contributed by atoms with Crippen LogP contribution in [0.3, 0.4) is 0 Å². The van der Waals surface area contributed by atoms with E-state index in [4.69, 9.17) is 0 Å². The van der Waals surface area contributed by atoms with Gasteiger partial charge in [0, 0.05) is 23.6 Å².